The van der Waals surface area contributed by atoms with E-state index in [1.807, 2.05) is 6.20 Å². The second-order valence-corrected chi connectivity index (χ2v) is 5.74. The highest BCUT2D eigenvalue weighted by Gasteiger charge is 2.19. The van der Waals surface area contributed by atoms with E-state index >= 15 is 0 Å². The average Bonchev–Trinajstić information content (AvgIpc) is 2.92. The molecule has 0 saturated carbocycles. The van der Waals surface area contributed by atoms with Gasteiger partial charge in [0, 0.05) is 23.5 Å². The van der Waals surface area contributed by atoms with Gasteiger partial charge < -0.3 is 10.6 Å². The van der Waals surface area contributed by atoms with Gasteiger partial charge in [0.1, 0.15) is 5.82 Å². The van der Waals surface area contributed by atoms with Gasteiger partial charge >= 0.3 is 0 Å². The molecule has 2 N–H and O–H groups in total. The van der Waals surface area contributed by atoms with Crippen LogP contribution in [0, 0.1) is 0 Å². The number of nitrogen functional groups attached to an aromatic ring is 1. The monoisotopic (exact) mass is 291 g/mol. The fourth-order valence-electron chi connectivity index (χ4n) is 2.61. The summed E-state index contributed by atoms with van der Waals surface area (Å²) in [6.45, 7) is 2.23. The van der Waals surface area contributed by atoms with Gasteiger partial charge in [0.05, 0.1) is 17.3 Å². The van der Waals surface area contributed by atoms with E-state index in [-0.39, 0.29) is 0 Å². The summed E-state index contributed by atoms with van der Waals surface area (Å²) in [6, 6.07) is 2.26. The summed E-state index contributed by atoms with van der Waals surface area (Å²) in [5, 5.41) is 5.09. The molecule has 0 atom stereocenters. The van der Waals surface area contributed by atoms with Crippen molar-refractivity contribution in [1.82, 2.24) is 19.7 Å². The van der Waals surface area contributed by atoms with Gasteiger partial charge in [-0.15, -0.1) is 0 Å². The third-order valence-electron chi connectivity index (χ3n) is 3.85. The van der Waals surface area contributed by atoms with E-state index in [4.69, 9.17) is 17.3 Å². The average molecular weight is 292 g/mol. The van der Waals surface area contributed by atoms with Crippen LogP contribution < -0.4 is 5.73 Å². The fraction of sp³-hybridized carbons (Fsp3) is 0.429. The zero-order valence-corrected chi connectivity index (χ0v) is 12.2. The Morgan fingerprint density at radius 1 is 1.30 bits per heavy atom. The second-order valence-electron chi connectivity index (χ2n) is 5.33. The zero-order valence-electron chi connectivity index (χ0n) is 11.5. The van der Waals surface area contributed by atoms with Crippen molar-refractivity contribution in [3.8, 4) is 11.1 Å². The van der Waals surface area contributed by atoms with Crippen LogP contribution in [0.5, 0.6) is 0 Å². The number of pyridine rings is 1. The van der Waals surface area contributed by atoms with Gasteiger partial charge in [0.25, 0.3) is 0 Å². The molecule has 0 bridgehead atoms. The maximum absolute atomic E-state index is 6.18. The highest BCUT2D eigenvalue weighted by molar-refractivity contribution is 6.33. The normalized spacial score (nSPS) is 17.5. The first kappa shape index (κ1) is 13.4. The third-order valence-corrected chi connectivity index (χ3v) is 4.15. The Bertz CT molecular complexity index is 601. The summed E-state index contributed by atoms with van der Waals surface area (Å²) in [7, 11) is 2.16. The number of likely N-dealkylation sites (tertiary alicyclic amines) is 1. The van der Waals surface area contributed by atoms with Crippen molar-refractivity contribution in [2.45, 2.75) is 18.9 Å². The molecule has 0 amide bonds. The Morgan fingerprint density at radius 3 is 2.80 bits per heavy atom. The first-order chi connectivity index (χ1) is 9.63. The van der Waals surface area contributed by atoms with E-state index < -0.39 is 0 Å². The third kappa shape index (κ3) is 2.64. The van der Waals surface area contributed by atoms with Crippen molar-refractivity contribution in [1.29, 1.82) is 0 Å². The van der Waals surface area contributed by atoms with Crippen molar-refractivity contribution in [2.75, 3.05) is 25.9 Å². The summed E-state index contributed by atoms with van der Waals surface area (Å²) in [5.74, 6) is 0.469. The van der Waals surface area contributed by atoms with Crippen molar-refractivity contribution in [3.63, 3.8) is 0 Å². The summed E-state index contributed by atoms with van der Waals surface area (Å²) in [5.41, 5.74) is 7.60. The number of piperidine rings is 1. The fourth-order valence-corrected chi connectivity index (χ4v) is 2.82. The molecule has 2 aromatic rings. The number of nitrogens with zero attached hydrogens (tertiary/aromatic N) is 4. The first-order valence-corrected chi connectivity index (χ1v) is 7.15. The summed E-state index contributed by atoms with van der Waals surface area (Å²) in [6.07, 6.45) is 7.74. The summed E-state index contributed by atoms with van der Waals surface area (Å²) >= 11 is 6.18. The predicted octanol–water partition coefficient (Wildman–Crippen LogP) is 2.45. The molecule has 0 aliphatic carbocycles. The standard InChI is InChI=1S/C14H18ClN5/c1-19-4-2-11(3-5-19)20-9-10(7-18-20)12-6-14(16)17-8-13(12)15/h6-9,11H,2-5H2,1H3,(H2,16,17). The van der Waals surface area contributed by atoms with Crippen molar-refractivity contribution in [2.24, 2.45) is 0 Å². The molecule has 1 fully saturated rings. The lowest BCUT2D eigenvalue weighted by Gasteiger charge is -2.28. The molecule has 2 aromatic heterocycles. The molecule has 0 aromatic carbocycles. The number of hydrogen-bond donors (Lipinski definition) is 1. The summed E-state index contributed by atoms with van der Waals surface area (Å²) in [4.78, 5) is 6.33. The van der Waals surface area contributed by atoms with Crippen LogP contribution in [0.25, 0.3) is 11.1 Å². The molecule has 20 heavy (non-hydrogen) atoms. The number of aromatic nitrogens is 3. The van der Waals surface area contributed by atoms with E-state index in [0.717, 1.165) is 37.1 Å². The van der Waals surface area contributed by atoms with E-state index in [9.17, 15) is 0 Å². The van der Waals surface area contributed by atoms with Crippen LogP contribution in [0.4, 0.5) is 5.82 Å². The molecular weight excluding hydrogens is 274 g/mol. The van der Waals surface area contributed by atoms with Crippen LogP contribution in [0.15, 0.2) is 24.7 Å². The van der Waals surface area contributed by atoms with Crippen LogP contribution in [-0.2, 0) is 0 Å². The molecule has 106 valence electrons. The van der Waals surface area contributed by atoms with Crippen LogP contribution in [-0.4, -0.2) is 39.8 Å². The molecule has 1 aliphatic heterocycles. The molecular formula is C14H18ClN5. The predicted molar refractivity (Wildman–Crippen MR) is 80.6 cm³/mol. The lowest BCUT2D eigenvalue weighted by atomic mass is 10.1. The molecule has 3 rings (SSSR count). The maximum atomic E-state index is 6.18. The minimum absolute atomic E-state index is 0.469. The maximum Gasteiger partial charge on any atom is 0.124 e. The second kappa shape index (κ2) is 5.42. The van der Waals surface area contributed by atoms with Crippen LogP contribution in [0.1, 0.15) is 18.9 Å². The molecule has 0 unspecified atom stereocenters. The van der Waals surface area contributed by atoms with Gasteiger partial charge in [-0.1, -0.05) is 11.6 Å². The van der Waals surface area contributed by atoms with E-state index in [1.165, 1.54) is 0 Å². The molecule has 5 nitrogen and oxygen atoms in total. The van der Waals surface area contributed by atoms with Crippen molar-refractivity contribution < 1.29 is 0 Å². The Hall–Kier alpha value is -1.59. The van der Waals surface area contributed by atoms with Gasteiger partial charge in [-0.3, -0.25) is 4.68 Å². The van der Waals surface area contributed by atoms with Crippen molar-refractivity contribution >= 4 is 17.4 Å². The Labute approximate surface area is 123 Å². The topological polar surface area (TPSA) is 60.0 Å². The van der Waals surface area contributed by atoms with Crippen LogP contribution in [0.2, 0.25) is 5.02 Å². The first-order valence-electron chi connectivity index (χ1n) is 6.77. The minimum Gasteiger partial charge on any atom is -0.384 e. The SMILES string of the molecule is CN1CCC(n2cc(-c3cc(N)ncc3Cl)cn2)CC1. The number of rotatable bonds is 2. The molecule has 1 aliphatic rings. The zero-order chi connectivity index (χ0) is 14.1. The highest BCUT2D eigenvalue weighted by Crippen LogP contribution is 2.30. The largest absolute Gasteiger partial charge is 0.384 e. The minimum atomic E-state index is 0.469. The van der Waals surface area contributed by atoms with Crippen LogP contribution in [0.3, 0.4) is 0 Å². The molecule has 6 heteroatoms. The Morgan fingerprint density at radius 2 is 2.05 bits per heavy atom. The lowest BCUT2D eigenvalue weighted by Crippen LogP contribution is -2.31. The number of nitrogens with two attached hydrogens (primary N) is 1. The van der Waals surface area contributed by atoms with Gasteiger partial charge in [0.15, 0.2) is 0 Å². The van der Waals surface area contributed by atoms with Gasteiger partial charge in [0.2, 0.25) is 0 Å². The number of halogens is 1. The molecule has 1 saturated heterocycles. The van der Waals surface area contributed by atoms with E-state index in [0.29, 0.717) is 16.9 Å². The summed E-state index contributed by atoms with van der Waals surface area (Å²) < 4.78 is 2.05. The Kier molecular flexibility index (Phi) is 3.63. The molecule has 3 heterocycles. The van der Waals surface area contributed by atoms with Crippen molar-refractivity contribution in [3.05, 3.63) is 29.7 Å². The van der Waals surface area contributed by atoms with Gasteiger partial charge in [-0.2, -0.15) is 5.10 Å². The number of anilines is 1. The molecule has 0 radical (unpaired) electrons. The number of hydrogen-bond acceptors (Lipinski definition) is 4. The lowest BCUT2D eigenvalue weighted by molar-refractivity contribution is 0.212. The van der Waals surface area contributed by atoms with Gasteiger partial charge in [-0.25, -0.2) is 4.98 Å². The quantitative estimate of drug-likeness (QED) is 0.923. The Balaban J connectivity index is 1.85. The smallest absolute Gasteiger partial charge is 0.124 e. The van der Waals surface area contributed by atoms with E-state index in [1.54, 1.807) is 12.3 Å². The van der Waals surface area contributed by atoms with Gasteiger partial charge in [-0.05, 0) is 39.0 Å². The highest BCUT2D eigenvalue weighted by atomic mass is 35.5. The van der Waals surface area contributed by atoms with Crippen LogP contribution >= 0.6 is 11.6 Å². The van der Waals surface area contributed by atoms with E-state index in [2.05, 4.69) is 32.9 Å². The molecule has 0 spiro atoms.